The molecular weight excluding hydrogens is 1350 g/mol. The van der Waals surface area contributed by atoms with E-state index in [0.717, 1.165) is 44.3 Å². The summed E-state index contributed by atoms with van der Waals surface area (Å²) in [6.07, 6.45) is 0. The highest BCUT2D eigenvalue weighted by Gasteiger charge is 2.25. The molecule has 2 aliphatic rings. The van der Waals surface area contributed by atoms with Gasteiger partial charge in [-0.25, -0.2) is 0 Å². The largest absolute Gasteiger partial charge is 0.354 e. The minimum atomic E-state index is 1.08. The van der Waals surface area contributed by atoms with Gasteiger partial charge in [0.15, 0.2) is 0 Å². The Labute approximate surface area is 620 Å². The fourth-order valence-electron chi connectivity index (χ4n) is 13.3. The minimum Gasteiger partial charge on any atom is -0.354 e. The second-order valence-electron chi connectivity index (χ2n) is 25.1. The van der Waals surface area contributed by atoms with Crippen LogP contribution in [0.2, 0.25) is 0 Å². The maximum Gasteiger partial charge on any atom is 0.0601 e. The monoisotopic (exact) mass is 1420 g/mol. The topological polar surface area (TPSA) is 21.8 Å². The average molecular weight is 1420 g/mol. The summed E-state index contributed by atoms with van der Waals surface area (Å²) in [5.41, 5.74) is 27.1. The van der Waals surface area contributed by atoms with Crippen LogP contribution in [0.4, 0.5) is 62.6 Å². The summed E-state index contributed by atoms with van der Waals surface area (Å²) in [5, 5.41) is 3.42. The van der Waals surface area contributed by atoms with Gasteiger partial charge < -0.3 is 20.0 Å². The molecule has 0 spiro atoms. The molecule has 0 saturated carbocycles. The van der Waals surface area contributed by atoms with Crippen molar-refractivity contribution < 1.29 is 0 Å². The number of benzene rings is 16. The second kappa shape index (κ2) is 30.8. The molecule has 16 aromatic carbocycles. The third kappa shape index (κ3) is 14.9. The molecule has 0 atom stereocenters. The van der Waals surface area contributed by atoms with Crippen molar-refractivity contribution in [2.75, 3.05) is 20.0 Å². The van der Waals surface area contributed by atoms with Crippen LogP contribution in [0.15, 0.2) is 437 Å². The first-order valence-electron chi connectivity index (χ1n) is 34.5. The number of anilines is 11. The van der Waals surface area contributed by atoms with Gasteiger partial charge in [0.25, 0.3) is 0 Å². The summed E-state index contributed by atoms with van der Waals surface area (Å²) in [4.78, 5) is 12.2. The second-order valence-corrected chi connectivity index (χ2v) is 28.2. The van der Waals surface area contributed by atoms with Crippen LogP contribution in [0, 0.1) is 0 Å². The van der Waals surface area contributed by atoms with Gasteiger partial charge in [-0.05, 0) is 212 Å². The zero-order valence-corrected chi connectivity index (χ0v) is 59.5. The minimum absolute atomic E-state index is 1.08. The Hall–Kier alpha value is -12.1. The summed E-state index contributed by atoms with van der Waals surface area (Å²) in [6, 6.07) is 147. The Morgan fingerprint density at radius 3 is 0.806 bits per heavy atom. The lowest BCUT2D eigenvalue weighted by Gasteiger charge is -2.33. The molecule has 0 unspecified atom stereocenters. The zero-order chi connectivity index (χ0) is 69.1. The maximum absolute atomic E-state index is 3.60. The van der Waals surface area contributed by atoms with Gasteiger partial charge in [0, 0.05) is 63.9 Å². The van der Waals surface area contributed by atoms with Crippen LogP contribution in [-0.2, 0) is 0 Å². The van der Waals surface area contributed by atoms with Gasteiger partial charge in [-0.2, -0.15) is 0 Å². The highest BCUT2D eigenvalue weighted by molar-refractivity contribution is 9.10. The van der Waals surface area contributed by atoms with Crippen molar-refractivity contribution in [3.05, 3.63) is 417 Å². The first kappa shape index (κ1) is 65.5. The predicted octanol–water partition coefficient (Wildman–Crippen LogP) is 28.9. The van der Waals surface area contributed by atoms with E-state index in [2.05, 4.69) is 448 Å². The van der Waals surface area contributed by atoms with E-state index in [1.54, 1.807) is 0 Å². The van der Waals surface area contributed by atoms with E-state index in [1.807, 2.05) is 23.5 Å². The number of halogens is 1. The normalized spacial score (nSPS) is 11.5. The molecule has 1 N–H and O–H groups in total. The number of hydrogen-bond acceptors (Lipinski definition) is 6. The lowest BCUT2D eigenvalue weighted by molar-refractivity contribution is 1.17. The molecule has 492 valence electrons. The summed E-state index contributed by atoms with van der Waals surface area (Å²) in [7, 11) is 0. The number of nitrogens with zero attached hydrogens (tertiary/aromatic N) is 3. The van der Waals surface area contributed by atoms with Gasteiger partial charge in [0.2, 0.25) is 0 Å². The molecule has 16 aromatic rings. The van der Waals surface area contributed by atoms with E-state index >= 15 is 0 Å². The Bertz CT molecular complexity index is 5210. The van der Waals surface area contributed by atoms with Gasteiger partial charge in [-0.1, -0.05) is 306 Å². The van der Waals surface area contributed by atoms with Crippen LogP contribution in [0.5, 0.6) is 0 Å². The van der Waals surface area contributed by atoms with Crippen LogP contribution >= 0.6 is 39.5 Å². The summed E-state index contributed by atoms with van der Waals surface area (Å²) < 4.78 is 1.08. The molecule has 2 aliphatic heterocycles. The van der Waals surface area contributed by atoms with Crippen molar-refractivity contribution in [2.24, 2.45) is 0 Å². The lowest BCUT2D eigenvalue weighted by atomic mass is 10.0. The Balaban J connectivity index is 0.000000137. The molecule has 2 heterocycles. The van der Waals surface area contributed by atoms with Gasteiger partial charge in [0.05, 0.1) is 22.7 Å². The molecule has 103 heavy (non-hydrogen) atoms. The molecule has 0 aromatic heterocycles. The molecule has 7 heteroatoms. The molecule has 18 rings (SSSR count). The van der Waals surface area contributed by atoms with E-state index in [9.17, 15) is 0 Å². The number of hydrogen-bond donors (Lipinski definition) is 1. The summed E-state index contributed by atoms with van der Waals surface area (Å²) >= 11 is 7.25. The fraction of sp³-hybridized carbons (Fsp3) is 0. The van der Waals surface area contributed by atoms with Gasteiger partial charge in [0.1, 0.15) is 0 Å². The van der Waals surface area contributed by atoms with Crippen molar-refractivity contribution in [3.63, 3.8) is 0 Å². The summed E-state index contributed by atoms with van der Waals surface area (Å²) in [5.74, 6) is 0. The lowest BCUT2D eigenvalue weighted by Crippen LogP contribution is -2.14. The number of para-hydroxylation sites is 4. The number of rotatable bonds is 13. The van der Waals surface area contributed by atoms with Gasteiger partial charge >= 0.3 is 0 Å². The zero-order valence-electron chi connectivity index (χ0n) is 56.3. The molecule has 4 nitrogen and oxygen atoms in total. The Kier molecular flexibility index (Phi) is 19.6. The molecule has 0 aliphatic carbocycles. The van der Waals surface area contributed by atoms with E-state index in [4.69, 9.17) is 0 Å². The van der Waals surface area contributed by atoms with Crippen molar-refractivity contribution in [2.45, 2.75) is 19.6 Å². The van der Waals surface area contributed by atoms with E-state index in [1.165, 1.54) is 109 Å². The Morgan fingerprint density at radius 1 is 0.214 bits per heavy atom. The van der Waals surface area contributed by atoms with Gasteiger partial charge in [-0.15, -0.1) is 0 Å². The Morgan fingerprint density at radius 2 is 0.466 bits per heavy atom. The molecular formula is C96H69BrN4S2. The molecule has 0 radical (unpaired) electrons. The van der Waals surface area contributed by atoms with Crippen molar-refractivity contribution >= 4 is 102 Å². The van der Waals surface area contributed by atoms with Crippen LogP contribution in [0.25, 0.3) is 66.8 Å². The van der Waals surface area contributed by atoms with Crippen molar-refractivity contribution in [3.8, 4) is 66.8 Å². The van der Waals surface area contributed by atoms with Crippen LogP contribution < -0.4 is 20.0 Å². The molecule has 0 amide bonds. The van der Waals surface area contributed by atoms with Crippen LogP contribution in [0.1, 0.15) is 0 Å². The average Bonchev–Trinajstić information content (AvgIpc) is 0.727. The van der Waals surface area contributed by atoms with E-state index < -0.39 is 0 Å². The third-order valence-electron chi connectivity index (χ3n) is 18.5. The van der Waals surface area contributed by atoms with Crippen LogP contribution in [0.3, 0.4) is 0 Å². The molecule has 0 fully saturated rings. The van der Waals surface area contributed by atoms with Gasteiger partial charge in [-0.3, -0.25) is 0 Å². The maximum atomic E-state index is 3.60. The fourth-order valence-corrected chi connectivity index (χ4v) is 15.7. The van der Waals surface area contributed by atoms with E-state index in [-0.39, 0.29) is 0 Å². The highest BCUT2D eigenvalue weighted by Crippen LogP contribution is 2.52. The smallest absolute Gasteiger partial charge is 0.0601 e. The molecule has 0 saturated heterocycles. The quantitative estimate of drug-likeness (QED) is 0.123. The first-order chi connectivity index (χ1) is 51.0. The van der Waals surface area contributed by atoms with Crippen molar-refractivity contribution in [1.29, 1.82) is 0 Å². The third-order valence-corrected chi connectivity index (χ3v) is 21.2. The molecule has 0 bridgehead atoms. The van der Waals surface area contributed by atoms with E-state index in [0.29, 0.717) is 0 Å². The van der Waals surface area contributed by atoms with Crippen molar-refractivity contribution in [1.82, 2.24) is 0 Å². The highest BCUT2D eigenvalue weighted by atomic mass is 79.9. The predicted molar refractivity (Wildman–Crippen MR) is 442 cm³/mol. The number of nitrogens with one attached hydrogen (secondary N) is 1. The standard InChI is InChI=1S/C48H34N2S.C36H26BrN.C12H9NS/c1-3-12-35(13-4-1)37-22-28-41(29-23-37)49(42-30-24-38(25-31-42)36-14-5-2-6-15-36)43-32-26-39(27-33-43)40-16-11-17-44(34-40)50-45-18-7-9-20-47(45)51-48-21-10-8-19-46(48)50;37-33-13-7-12-32(26-33)31-18-24-36(25-19-31)38(34-20-14-29(15-21-34)27-8-3-1-4-9-27)35-22-16-30(17-23-35)28-10-5-2-6-11-28;1-3-7-11-9(5-1)13-10-6-2-4-8-12(10)14-11/h1-34H;1-26H;1-8,13H. The SMILES string of the molecule is Brc1cccc(-c2ccc(N(c3ccc(-c4ccccc4)cc3)c3ccc(-c4ccccc4)cc3)cc2)c1.c1ccc(-c2ccc(N(c3ccc(-c4ccccc4)cc3)c3ccc(-c4cccc(N5c6ccccc6Sc6ccccc65)c4)cc3)cc2)cc1.c1ccc2c(c1)Nc1ccccc1S2. The summed E-state index contributed by atoms with van der Waals surface area (Å²) in [6.45, 7) is 0. The number of fused-ring (bicyclic) bond motifs is 4. The first-order valence-corrected chi connectivity index (χ1v) is 37.0. The van der Waals surface area contributed by atoms with Crippen LogP contribution in [-0.4, -0.2) is 0 Å².